The summed E-state index contributed by atoms with van der Waals surface area (Å²) in [5, 5.41) is 7.82. The van der Waals surface area contributed by atoms with Gasteiger partial charge >= 0.3 is 0 Å². The van der Waals surface area contributed by atoms with Crippen molar-refractivity contribution in [3.8, 4) is 11.3 Å². The van der Waals surface area contributed by atoms with Crippen LogP contribution in [-0.4, -0.2) is 57.6 Å². The van der Waals surface area contributed by atoms with E-state index in [4.69, 9.17) is 0 Å². The maximum absolute atomic E-state index is 14.0. The van der Waals surface area contributed by atoms with Gasteiger partial charge in [-0.05, 0) is 68.9 Å². The molecule has 7 rings (SSSR count). The number of fused-ring (bicyclic) bond motifs is 9. The number of rotatable bonds is 1. The van der Waals surface area contributed by atoms with Crippen molar-refractivity contribution < 1.29 is 4.79 Å². The first-order chi connectivity index (χ1) is 15.8. The van der Waals surface area contributed by atoms with Crippen molar-refractivity contribution in [1.82, 2.24) is 20.0 Å². The molecule has 0 saturated carbocycles. The number of carbonyl (C=O) groups is 1. The van der Waals surface area contributed by atoms with Crippen LogP contribution in [0.15, 0.2) is 35.9 Å². The molecule has 1 amide bonds. The van der Waals surface area contributed by atoms with E-state index in [9.17, 15) is 4.79 Å². The Morgan fingerprint density at radius 1 is 1.06 bits per heavy atom. The molecule has 3 fully saturated rings. The van der Waals surface area contributed by atoms with Crippen molar-refractivity contribution in [1.29, 1.82) is 0 Å². The number of benzene rings is 1. The number of piperidine rings is 3. The summed E-state index contributed by atoms with van der Waals surface area (Å²) < 4.78 is 0. The minimum Gasteiger partial charge on any atom is -0.330 e. The van der Waals surface area contributed by atoms with E-state index in [0.717, 1.165) is 48.8 Å². The van der Waals surface area contributed by atoms with E-state index in [1.54, 1.807) is 5.57 Å². The fourth-order valence-corrected chi connectivity index (χ4v) is 7.58. The number of aromatic nitrogens is 2. The monoisotopic (exact) mass is 428 g/mol. The van der Waals surface area contributed by atoms with Gasteiger partial charge in [0.1, 0.15) is 5.69 Å². The van der Waals surface area contributed by atoms with E-state index in [-0.39, 0.29) is 11.9 Å². The zero-order valence-electron chi connectivity index (χ0n) is 18.7. The standard InChI is InChI=1S/C27H32N4O/c32-27(25-22-11-10-17-6-1-2-8-21(17)24(22)28-29-25)31-13-5-7-18-14-19-15-20(26(18)31)16-30-12-4-3-9-23(19)30/h1-2,6,8,14,19-20,23,26H,3-5,7,9-13,15-16H2,(H,28,29)/t19?,20?,23-,26-/m1/s1. The summed E-state index contributed by atoms with van der Waals surface area (Å²) in [5.74, 6) is 1.46. The number of aryl methyl sites for hydroxylation is 1. The van der Waals surface area contributed by atoms with Crippen LogP contribution in [0.5, 0.6) is 0 Å². The van der Waals surface area contributed by atoms with Gasteiger partial charge in [-0.1, -0.05) is 42.3 Å². The summed E-state index contributed by atoms with van der Waals surface area (Å²) in [6, 6.07) is 9.52. The molecule has 2 unspecified atom stereocenters. The van der Waals surface area contributed by atoms with Crippen LogP contribution in [-0.2, 0) is 12.8 Å². The molecular formula is C27H32N4O. The first-order valence-electron chi connectivity index (χ1n) is 12.7. The van der Waals surface area contributed by atoms with Gasteiger partial charge in [0, 0.05) is 30.3 Å². The van der Waals surface area contributed by atoms with Crippen LogP contribution in [0.2, 0.25) is 0 Å². The summed E-state index contributed by atoms with van der Waals surface area (Å²) in [5.41, 5.74) is 6.93. The Morgan fingerprint density at radius 2 is 2.00 bits per heavy atom. The Labute approximate surface area is 189 Å². The van der Waals surface area contributed by atoms with Gasteiger partial charge < -0.3 is 4.90 Å². The molecule has 2 aliphatic carbocycles. The molecule has 3 aliphatic heterocycles. The lowest BCUT2D eigenvalue weighted by Crippen LogP contribution is -2.60. The number of likely N-dealkylation sites (tertiary alicyclic amines) is 1. The molecule has 1 N–H and O–H groups in total. The van der Waals surface area contributed by atoms with E-state index >= 15 is 0 Å². The molecule has 3 saturated heterocycles. The first-order valence-corrected chi connectivity index (χ1v) is 12.7. The third kappa shape index (κ3) is 2.79. The Balaban J connectivity index is 1.23. The first kappa shape index (κ1) is 19.1. The average Bonchev–Trinajstić information content (AvgIpc) is 3.28. The highest BCUT2D eigenvalue weighted by Crippen LogP contribution is 2.45. The van der Waals surface area contributed by atoms with Gasteiger partial charge in [-0.25, -0.2) is 0 Å². The number of amides is 1. The second kappa shape index (κ2) is 7.31. The van der Waals surface area contributed by atoms with E-state index in [1.807, 2.05) is 0 Å². The zero-order valence-corrected chi connectivity index (χ0v) is 18.7. The fourth-order valence-electron chi connectivity index (χ4n) is 7.58. The molecule has 5 nitrogen and oxygen atoms in total. The zero-order chi connectivity index (χ0) is 21.2. The number of aromatic amines is 1. The lowest BCUT2D eigenvalue weighted by atomic mass is 9.68. The minimum absolute atomic E-state index is 0.174. The Bertz CT molecular complexity index is 1100. The fraction of sp³-hybridized carbons (Fsp3) is 0.556. The van der Waals surface area contributed by atoms with Gasteiger partial charge in [0.25, 0.3) is 5.91 Å². The number of nitrogens with one attached hydrogen (secondary N) is 1. The van der Waals surface area contributed by atoms with Crippen LogP contribution in [0.25, 0.3) is 11.3 Å². The molecule has 32 heavy (non-hydrogen) atoms. The van der Waals surface area contributed by atoms with Crippen LogP contribution in [0.4, 0.5) is 0 Å². The van der Waals surface area contributed by atoms with Crippen molar-refractivity contribution in [3.63, 3.8) is 0 Å². The molecular weight excluding hydrogens is 396 g/mol. The smallest absolute Gasteiger partial charge is 0.272 e. The molecule has 5 heteroatoms. The third-order valence-corrected chi connectivity index (χ3v) is 8.92. The van der Waals surface area contributed by atoms with E-state index in [1.165, 1.54) is 56.3 Å². The molecule has 2 bridgehead atoms. The van der Waals surface area contributed by atoms with Gasteiger partial charge in [-0.15, -0.1) is 0 Å². The van der Waals surface area contributed by atoms with Crippen molar-refractivity contribution in [3.05, 3.63) is 52.7 Å². The molecule has 4 heterocycles. The van der Waals surface area contributed by atoms with Crippen LogP contribution in [0.3, 0.4) is 0 Å². The summed E-state index contributed by atoms with van der Waals surface area (Å²) >= 11 is 0. The van der Waals surface area contributed by atoms with Gasteiger partial charge in [0.15, 0.2) is 0 Å². The van der Waals surface area contributed by atoms with Crippen molar-refractivity contribution >= 4 is 5.91 Å². The number of hydrogen-bond donors (Lipinski definition) is 1. The molecule has 166 valence electrons. The second-order valence-electron chi connectivity index (χ2n) is 10.6. The van der Waals surface area contributed by atoms with E-state index in [2.05, 4.69) is 50.3 Å². The quantitative estimate of drug-likeness (QED) is 0.693. The lowest BCUT2D eigenvalue weighted by molar-refractivity contribution is 0.00128. The summed E-state index contributed by atoms with van der Waals surface area (Å²) in [6.07, 6.45) is 12.1. The van der Waals surface area contributed by atoms with Gasteiger partial charge in [-0.2, -0.15) is 5.10 Å². The Kier molecular flexibility index (Phi) is 4.36. The molecule has 0 radical (unpaired) electrons. The Hall–Kier alpha value is -2.40. The van der Waals surface area contributed by atoms with Gasteiger partial charge in [0.05, 0.1) is 11.7 Å². The highest BCUT2D eigenvalue weighted by molar-refractivity contribution is 5.96. The van der Waals surface area contributed by atoms with E-state index < -0.39 is 0 Å². The maximum atomic E-state index is 14.0. The second-order valence-corrected chi connectivity index (χ2v) is 10.6. The molecule has 5 aliphatic rings. The summed E-state index contributed by atoms with van der Waals surface area (Å²) in [4.78, 5) is 18.9. The molecule has 1 aromatic carbocycles. The molecule has 4 atom stereocenters. The van der Waals surface area contributed by atoms with Crippen molar-refractivity contribution in [2.24, 2.45) is 11.8 Å². The third-order valence-electron chi connectivity index (χ3n) is 8.92. The number of nitrogens with zero attached hydrogens (tertiary/aromatic N) is 3. The molecule has 2 aromatic rings. The van der Waals surface area contributed by atoms with Crippen molar-refractivity contribution in [2.75, 3.05) is 19.6 Å². The maximum Gasteiger partial charge on any atom is 0.272 e. The number of hydrogen-bond acceptors (Lipinski definition) is 3. The van der Waals surface area contributed by atoms with Gasteiger partial charge in [0.2, 0.25) is 0 Å². The molecule has 0 spiro atoms. The summed E-state index contributed by atoms with van der Waals surface area (Å²) in [6.45, 7) is 3.28. The van der Waals surface area contributed by atoms with E-state index in [0.29, 0.717) is 11.8 Å². The minimum atomic E-state index is 0.174. The van der Waals surface area contributed by atoms with Crippen LogP contribution >= 0.6 is 0 Å². The SMILES string of the molecule is O=C(c1[nH]nc2c1CCc1ccccc1-2)N1CCCC2=CC3CC(CN4CCCC[C@H]34)[C@@H]21. The predicted octanol–water partition coefficient (Wildman–Crippen LogP) is 4.21. The number of carbonyl (C=O) groups excluding carboxylic acids is 1. The number of H-pyrrole nitrogens is 1. The normalized spacial score (nSPS) is 31.1. The topological polar surface area (TPSA) is 52.2 Å². The van der Waals surface area contributed by atoms with Crippen LogP contribution < -0.4 is 0 Å². The van der Waals surface area contributed by atoms with Crippen LogP contribution in [0, 0.1) is 11.8 Å². The Morgan fingerprint density at radius 3 is 2.97 bits per heavy atom. The lowest BCUT2D eigenvalue weighted by Gasteiger charge is -2.54. The van der Waals surface area contributed by atoms with Crippen molar-refractivity contribution in [2.45, 2.75) is 63.5 Å². The highest BCUT2D eigenvalue weighted by Gasteiger charge is 2.47. The van der Waals surface area contributed by atoms with Gasteiger partial charge in [-0.3, -0.25) is 14.8 Å². The summed E-state index contributed by atoms with van der Waals surface area (Å²) in [7, 11) is 0. The molecule has 1 aromatic heterocycles. The largest absolute Gasteiger partial charge is 0.330 e. The highest BCUT2D eigenvalue weighted by atomic mass is 16.2. The van der Waals surface area contributed by atoms with Crippen LogP contribution in [0.1, 0.15) is 60.1 Å². The predicted molar refractivity (Wildman–Crippen MR) is 124 cm³/mol. The average molecular weight is 429 g/mol.